The van der Waals surface area contributed by atoms with Crippen molar-refractivity contribution in [3.63, 3.8) is 0 Å². The van der Waals surface area contributed by atoms with Gasteiger partial charge in [0, 0.05) is 204 Å². The van der Waals surface area contributed by atoms with Crippen LogP contribution in [0.15, 0.2) is 189 Å². The number of ether oxygens (including phenoxy) is 7. The topological polar surface area (TPSA) is 448 Å². The van der Waals surface area contributed by atoms with Crippen molar-refractivity contribution in [2.75, 3.05) is 32.8 Å². The number of pyridine rings is 6. The molecule has 0 fully saturated rings. The molecule has 9 heterocycles. The maximum atomic E-state index is 11.9. The van der Waals surface area contributed by atoms with Gasteiger partial charge in [-0.1, -0.05) is 152 Å². The number of aromatic hydroxyl groups is 3. The van der Waals surface area contributed by atoms with Gasteiger partial charge in [-0.3, -0.25) is 78.3 Å². The van der Waals surface area contributed by atoms with Crippen LogP contribution in [0.2, 0.25) is 0 Å². The van der Waals surface area contributed by atoms with E-state index < -0.39 is 41.2 Å². The first kappa shape index (κ1) is 109. The number of fused-ring (bicyclic) bond motifs is 3. The summed E-state index contributed by atoms with van der Waals surface area (Å²) in [5, 5.41) is 79.3. The predicted molar refractivity (Wildman–Crippen MR) is 518 cm³/mol. The summed E-state index contributed by atoms with van der Waals surface area (Å²) in [5.74, 6) is -4.12. The second-order valence-corrected chi connectivity index (χ2v) is 34.8. The summed E-state index contributed by atoms with van der Waals surface area (Å²) in [6, 6.07) is 49.5. The molecule has 0 radical (unpaired) electrons. The van der Waals surface area contributed by atoms with Gasteiger partial charge in [-0.25, -0.2) is 4.79 Å². The fourth-order valence-electron chi connectivity index (χ4n) is 15.1. The molecule has 3 aliphatic heterocycles. The molecule has 0 atom stereocenters. The Kier molecular flexibility index (Phi) is 41.6. The fourth-order valence-corrected chi connectivity index (χ4v) is 15.1. The van der Waals surface area contributed by atoms with Gasteiger partial charge in [0.1, 0.15) is 28.6 Å². The molecule has 3 aliphatic rings. The lowest BCUT2D eigenvalue weighted by molar-refractivity contribution is -0.181. The third kappa shape index (κ3) is 34.4. The monoisotopic (exact) mass is 1910 g/mol. The first-order valence-corrected chi connectivity index (χ1v) is 45.6. The van der Waals surface area contributed by atoms with Gasteiger partial charge < -0.3 is 79.3 Å². The number of aliphatic carboxylic acids is 3. The number of hydrogen-bond acceptors (Lipinski definition) is 29. The summed E-state index contributed by atoms with van der Waals surface area (Å²) in [7, 11) is 0. The Morgan fingerprint density at radius 1 is 0.388 bits per heavy atom. The van der Waals surface area contributed by atoms with E-state index in [1.54, 1.807) is 32.4 Å². The van der Waals surface area contributed by atoms with Gasteiger partial charge in [-0.05, 0) is 98.5 Å². The first-order valence-electron chi connectivity index (χ1n) is 45.6. The van der Waals surface area contributed by atoms with Crippen molar-refractivity contribution < 1.29 is 108 Å². The molecule has 0 spiro atoms. The third-order valence-electron chi connectivity index (χ3n) is 22.5. The van der Waals surface area contributed by atoms with Crippen molar-refractivity contribution in [2.24, 2.45) is 0 Å². The van der Waals surface area contributed by atoms with Crippen molar-refractivity contribution in [3.05, 3.63) is 318 Å². The normalized spacial score (nSPS) is 13.3. The third-order valence-corrected chi connectivity index (χ3v) is 22.5. The van der Waals surface area contributed by atoms with Gasteiger partial charge in [0.15, 0.2) is 24.1 Å². The molecule has 6 aromatic heterocycles. The van der Waals surface area contributed by atoms with Crippen molar-refractivity contribution in [1.82, 2.24) is 54.8 Å². The number of benzene rings is 5. The summed E-state index contributed by atoms with van der Waals surface area (Å²) in [4.78, 5) is 112. The number of rotatable bonds is 37. The molecule has 33 nitrogen and oxygen atoms in total. The quantitative estimate of drug-likeness (QED) is 0.0129. The van der Waals surface area contributed by atoms with Crippen LogP contribution in [0.1, 0.15) is 217 Å². The number of aromatic carboxylic acids is 1. The number of hydrogen-bond donors (Lipinski definition) is 9. The number of carbonyl (C=O) groups is 7. The zero-order valence-electron chi connectivity index (χ0n) is 81.1. The number of aryl methyl sites for hydroxylation is 6. The molecular weight excluding hydrogens is 1780 g/mol. The Hall–Kier alpha value is -13.9. The first-order chi connectivity index (χ1) is 66.4. The van der Waals surface area contributed by atoms with Crippen LogP contribution in [0.5, 0.6) is 34.5 Å². The van der Waals surface area contributed by atoms with Crippen LogP contribution in [0.25, 0.3) is 0 Å². The van der Waals surface area contributed by atoms with Gasteiger partial charge in [0.2, 0.25) is 17.4 Å². The summed E-state index contributed by atoms with van der Waals surface area (Å²) in [6.07, 6.45) is 11.6. The molecule has 0 aliphatic carbocycles. The van der Waals surface area contributed by atoms with Gasteiger partial charge >= 0.3 is 29.8 Å². The number of carboxylic acid groups (broad SMARTS) is 4. The van der Waals surface area contributed by atoms with E-state index >= 15 is 0 Å². The second-order valence-electron chi connectivity index (χ2n) is 34.8. The Morgan fingerprint density at radius 2 is 0.719 bits per heavy atom. The largest absolute Gasteiger partial charge is 0.506 e. The molecule has 738 valence electrons. The molecule has 9 N–H and O–H groups in total. The van der Waals surface area contributed by atoms with Crippen LogP contribution in [0, 0.1) is 41.5 Å². The van der Waals surface area contributed by atoms with E-state index in [1.165, 1.54) is 24.2 Å². The molecule has 0 bridgehead atoms. The zero-order valence-corrected chi connectivity index (χ0v) is 81.1. The second kappa shape index (κ2) is 53.2. The number of aliphatic hydroxyl groups excluding tert-OH is 1. The highest BCUT2D eigenvalue weighted by Crippen LogP contribution is 2.39. The highest BCUT2D eigenvalue weighted by Gasteiger charge is 2.35. The van der Waals surface area contributed by atoms with Crippen LogP contribution in [-0.2, 0) is 130 Å². The predicted octanol–water partition coefficient (Wildman–Crippen LogP) is 15.9. The molecule has 14 rings (SSSR count). The average Bonchev–Trinajstić information content (AvgIpc) is 0.785. The number of carboxylic acids is 4. The Labute approximate surface area is 810 Å². The Morgan fingerprint density at radius 3 is 1.12 bits per heavy atom. The van der Waals surface area contributed by atoms with Crippen LogP contribution < -0.4 is 19.5 Å². The number of nitrogens with one attached hydrogen (secondary N) is 1. The Balaban J connectivity index is 0.000000188. The van der Waals surface area contributed by atoms with E-state index in [0.717, 1.165) is 99.0 Å². The van der Waals surface area contributed by atoms with E-state index in [0.29, 0.717) is 143 Å². The van der Waals surface area contributed by atoms with E-state index in [2.05, 4.69) is 76.5 Å². The van der Waals surface area contributed by atoms with Crippen molar-refractivity contribution in [1.29, 1.82) is 0 Å². The van der Waals surface area contributed by atoms with Crippen LogP contribution in [0.4, 0.5) is 0 Å². The van der Waals surface area contributed by atoms with E-state index in [1.807, 2.05) is 212 Å². The molecule has 11 aromatic rings. The SMILES string of the molecule is CCOC(=O)CCN(Cc1ccccc1)Cc1cnc(C)c2c1COC(C)(C)O2.Cc1ncc(C=O)c2c1OC(C)(C)OC2.Cc1ncc(CN(CCC(=O)O)Cc2ccccc2)c(C(=O)O)c1O.Cc1ncc(CN(CCC(=O)O)Cc2ccccc2)c(C=O)c1O.Cc1ncc(CN(CCC(=O)O)Cc2ccccc2)c(CO)c1O.Cc1ncc(CNCc2ccccc2)c2c1OC(C)(C)OC2. The lowest BCUT2D eigenvalue weighted by atomic mass is 10.1. The minimum absolute atomic E-state index is 0.00543. The lowest BCUT2D eigenvalue weighted by Crippen LogP contribution is -2.36. The number of nitrogens with zero attached hydrogens (tertiary/aromatic N) is 10. The van der Waals surface area contributed by atoms with Crippen molar-refractivity contribution in [3.8, 4) is 34.5 Å². The highest BCUT2D eigenvalue weighted by molar-refractivity contribution is 5.92. The van der Waals surface area contributed by atoms with E-state index in [-0.39, 0.29) is 79.0 Å². The van der Waals surface area contributed by atoms with Crippen LogP contribution >= 0.6 is 0 Å². The summed E-state index contributed by atoms with van der Waals surface area (Å²) in [6.45, 7) is 32.3. The fraction of sp³-hybridized carbons (Fsp3) is 0.368. The lowest BCUT2D eigenvalue weighted by Gasteiger charge is -2.34. The summed E-state index contributed by atoms with van der Waals surface area (Å²) < 4.78 is 39.9. The van der Waals surface area contributed by atoms with Gasteiger partial charge in [-0.2, -0.15) is 0 Å². The minimum Gasteiger partial charge on any atom is -0.506 e. The smallest absolute Gasteiger partial charge is 0.339 e. The summed E-state index contributed by atoms with van der Waals surface area (Å²) in [5.41, 5.74) is 16.9. The van der Waals surface area contributed by atoms with Gasteiger partial charge in [0.25, 0.3) is 0 Å². The molecule has 139 heavy (non-hydrogen) atoms. The van der Waals surface area contributed by atoms with Gasteiger partial charge in [0.05, 0.1) is 98.4 Å². The number of esters is 1. The molecule has 0 unspecified atom stereocenters. The molecule has 0 saturated carbocycles. The zero-order chi connectivity index (χ0) is 101. The maximum absolute atomic E-state index is 11.9. The Bertz CT molecular complexity index is 5900. The maximum Gasteiger partial charge on any atom is 0.339 e. The minimum atomic E-state index is -1.24. The van der Waals surface area contributed by atoms with Gasteiger partial charge in [-0.15, -0.1) is 0 Å². The standard InChI is InChI=1S/C23H30N2O4.C18H20N2O5.C18H22N2O4.C18H20N2O4.C18H22N2O2.C11H13NO3/c1-5-27-21(26)11-12-25(14-18-9-7-6-8-10-18)15-19-13-24-17(2)22-20(19)16-28-23(3,4)29-22;1-12-17(23)16(18(24)25)14(9-19-12)11-20(8-7-15(21)22)10-13-5-3-2-4-6-13;2*1-13-18(24)16(12-21)15(9-19-13)11-20(8-7-17(22)23)10-14-5-3-2-4-6-14;1-13-17-16(12-21-18(2,3)22-17)15(11-20-13)10-19-9-14-7-5-4-6-8-14;1-7-10-9(8(5-13)4-12-7)6-14-11(2,3)15-10/h6-10,13H,5,11-12,14-16H2,1-4H3;2-6,9,23H,7-8,10-11H2,1H3,(H,21,22)(H,24,25);2-6,9,21,24H,7-8,10-12H2,1H3,(H,22,23);2-6,9,12,24H,7-8,10-11H2,1H3,(H,22,23);4-8,11,19H,9-10,12H2,1-3H3;4-5H,6H2,1-3H3. The number of aliphatic hydroxyl groups is 1. The molecule has 0 saturated heterocycles. The van der Waals surface area contributed by atoms with E-state index in [9.17, 15) is 59.1 Å². The summed E-state index contributed by atoms with van der Waals surface area (Å²) >= 11 is 0. The van der Waals surface area contributed by atoms with Crippen molar-refractivity contribution >= 4 is 42.4 Å². The number of aldehydes is 2. The van der Waals surface area contributed by atoms with Crippen LogP contribution in [0.3, 0.4) is 0 Å². The average molecular weight is 1910 g/mol. The molecular formula is C106H127N11O22. The highest BCUT2D eigenvalue weighted by atomic mass is 16.7. The molecule has 5 aromatic carbocycles. The molecule has 33 heteroatoms. The molecule has 0 amide bonds. The van der Waals surface area contributed by atoms with E-state index in [4.69, 9.17) is 48.5 Å². The number of carbonyl (C=O) groups excluding carboxylic acids is 3. The van der Waals surface area contributed by atoms with Crippen molar-refractivity contribution in [2.45, 2.75) is 225 Å². The number of aromatic nitrogens is 6. The van der Waals surface area contributed by atoms with Crippen LogP contribution in [-0.4, -0.2) is 183 Å².